The fourth-order valence-electron chi connectivity index (χ4n) is 2.33. The van der Waals surface area contributed by atoms with Gasteiger partial charge in [0, 0.05) is 11.0 Å². The molecule has 2 amide bonds. The Morgan fingerprint density at radius 1 is 1.40 bits per heavy atom. The third kappa shape index (κ3) is 3.96. The number of halogens is 1. The van der Waals surface area contributed by atoms with E-state index in [-0.39, 0.29) is 12.1 Å². The van der Waals surface area contributed by atoms with Crippen molar-refractivity contribution < 1.29 is 9.90 Å². The van der Waals surface area contributed by atoms with E-state index in [1.807, 2.05) is 31.2 Å². The van der Waals surface area contributed by atoms with Gasteiger partial charge in [-0.15, -0.1) is 0 Å². The number of nitrogens with one attached hydrogen (secondary N) is 2. The molecular formula is C15H21BrN2O2. The Morgan fingerprint density at radius 3 is 2.55 bits per heavy atom. The zero-order valence-electron chi connectivity index (χ0n) is 11.7. The van der Waals surface area contributed by atoms with Gasteiger partial charge in [0.05, 0.1) is 11.6 Å². The summed E-state index contributed by atoms with van der Waals surface area (Å²) in [4.78, 5) is 11.9. The van der Waals surface area contributed by atoms with Crippen LogP contribution in [0, 0.1) is 0 Å². The van der Waals surface area contributed by atoms with Crippen molar-refractivity contribution in [2.45, 2.75) is 44.2 Å². The van der Waals surface area contributed by atoms with Crippen LogP contribution in [0.2, 0.25) is 0 Å². The number of hydrogen-bond acceptors (Lipinski definition) is 2. The minimum absolute atomic E-state index is 0.0147. The van der Waals surface area contributed by atoms with E-state index in [2.05, 4.69) is 26.6 Å². The van der Waals surface area contributed by atoms with Crippen molar-refractivity contribution in [3.05, 3.63) is 34.3 Å². The van der Waals surface area contributed by atoms with Crippen molar-refractivity contribution >= 4 is 22.0 Å². The predicted octanol–water partition coefficient (Wildman–Crippen LogP) is 3.11. The molecule has 20 heavy (non-hydrogen) atoms. The second kappa shape index (κ2) is 6.59. The summed E-state index contributed by atoms with van der Waals surface area (Å²) in [7, 11) is 0. The number of amides is 2. The molecule has 0 heterocycles. The van der Waals surface area contributed by atoms with Crippen LogP contribution in [0.1, 0.15) is 44.2 Å². The quantitative estimate of drug-likeness (QED) is 0.771. The first-order valence-corrected chi connectivity index (χ1v) is 7.84. The summed E-state index contributed by atoms with van der Waals surface area (Å²) in [6.07, 6.45) is 3.41. The lowest BCUT2D eigenvalue weighted by Gasteiger charge is -2.36. The molecule has 3 N–H and O–H groups in total. The minimum atomic E-state index is -0.684. The van der Waals surface area contributed by atoms with Gasteiger partial charge in [-0.1, -0.05) is 35.0 Å². The van der Waals surface area contributed by atoms with Gasteiger partial charge < -0.3 is 15.7 Å². The Labute approximate surface area is 128 Å². The maximum Gasteiger partial charge on any atom is 0.315 e. The molecule has 0 aliphatic heterocycles. The van der Waals surface area contributed by atoms with E-state index in [9.17, 15) is 9.90 Å². The third-order valence-corrected chi connectivity index (χ3v) is 4.38. The molecule has 0 spiro atoms. The molecule has 1 aromatic carbocycles. The van der Waals surface area contributed by atoms with Gasteiger partial charge >= 0.3 is 6.03 Å². The summed E-state index contributed by atoms with van der Waals surface area (Å²) in [6, 6.07) is 7.69. The van der Waals surface area contributed by atoms with Crippen LogP contribution in [0.4, 0.5) is 4.79 Å². The Balaban J connectivity index is 1.85. The SMILES string of the molecule is CCC(NC(=O)NCC1(O)CCC1)c1ccc(Br)cc1. The van der Waals surface area contributed by atoms with Gasteiger partial charge in [-0.3, -0.25) is 0 Å². The zero-order valence-corrected chi connectivity index (χ0v) is 13.2. The van der Waals surface area contributed by atoms with Crippen LogP contribution in [-0.4, -0.2) is 23.3 Å². The molecule has 5 heteroatoms. The maximum atomic E-state index is 11.9. The van der Waals surface area contributed by atoms with E-state index in [4.69, 9.17) is 0 Å². The van der Waals surface area contributed by atoms with Gasteiger partial charge in [0.2, 0.25) is 0 Å². The molecule has 1 saturated carbocycles. The lowest BCUT2D eigenvalue weighted by Crippen LogP contribution is -2.50. The zero-order chi connectivity index (χ0) is 14.6. The first-order valence-electron chi connectivity index (χ1n) is 7.04. The lowest BCUT2D eigenvalue weighted by atomic mass is 9.80. The Bertz CT molecular complexity index is 457. The molecule has 1 fully saturated rings. The smallest absolute Gasteiger partial charge is 0.315 e. The molecule has 2 rings (SSSR count). The van der Waals surface area contributed by atoms with Crippen molar-refractivity contribution in [3.63, 3.8) is 0 Å². The number of carbonyl (C=O) groups is 1. The summed E-state index contributed by atoms with van der Waals surface area (Å²) in [5, 5.41) is 15.7. The second-order valence-corrected chi connectivity index (χ2v) is 6.33. The predicted molar refractivity (Wildman–Crippen MR) is 82.5 cm³/mol. The Hall–Kier alpha value is -1.07. The van der Waals surface area contributed by atoms with Crippen molar-refractivity contribution in [2.24, 2.45) is 0 Å². The van der Waals surface area contributed by atoms with E-state index in [1.165, 1.54) is 0 Å². The van der Waals surface area contributed by atoms with Crippen LogP contribution in [0.5, 0.6) is 0 Å². The highest BCUT2D eigenvalue weighted by molar-refractivity contribution is 9.10. The summed E-state index contributed by atoms with van der Waals surface area (Å²) in [5.41, 5.74) is 0.393. The molecule has 1 aliphatic rings. The van der Waals surface area contributed by atoms with Crippen LogP contribution < -0.4 is 10.6 Å². The average Bonchev–Trinajstić information content (AvgIpc) is 2.41. The highest BCUT2D eigenvalue weighted by atomic mass is 79.9. The van der Waals surface area contributed by atoms with Gasteiger partial charge in [0.25, 0.3) is 0 Å². The standard InChI is InChI=1S/C15H21BrN2O2/c1-2-13(11-4-6-12(16)7-5-11)18-14(19)17-10-15(20)8-3-9-15/h4-7,13,20H,2-3,8-10H2,1H3,(H2,17,18,19). The van der Waals surface area contributed by atoms with Crippen LogP contribution in [-0.2, 0) is 0 Å². The Morgan fingerprint density at radius 2 is 2.05 bits per heavy atom. The monoisotopic (exact) mass is 340 g/mol. The van der Waals surface area contributed by atoms with Crippen LogP contribution in [0.3, 0.4) is 0 Å². The largest absolute Gasteiger partial charge is 0.388 e. The van der Waals surface area contributed by atoms with E-state index in [0.717, 1.165) is 35.7 Å². The second-order valence-electron chi connectivity index (χ2n) is 5.42. The fourth-order valence-corrected chi connectivity index (χ4v) is 2.60. The molecule has 1 unspecified atom stereocenters. The Kier molecular flexibility index (Phi) is 5.05. The molecule has 0 radical (unpaired) electrons. The number of carbonyl (C=O) groups excluding carboxylic acids is 1. The molecule has 0 aromatic heterocycles. The maximum absolute atomic E-state index is 11.9. The summed E-state index contributed by atoms with van der Waals surface area (Å²) < 4.78 is 1.02. The number of rotatable bonds is 5. The van der Waals surface area contributed by atoms with Crippen molar-refractivity contribution in [3.8, 4) is 0 Å². The van der Waals surface area contributed by atoms with Crippen LogP contribution >= 0.6 is 15.9 Å². The molecule has 1 aliphatic carbocycles. The van der Waals surface area contributed by atoms with Crippen molar-refractivity contribution in [1.29, 1.82) is 0 Å². The van der Waals surface area contributed by atoms with Crippen molar-refractivity contribution in [2.75, 3.05) is 6.54 Å². The van der Waals surface area contributed by atoms with E-state index in [1.54, 1.807) is 0 Å². The highest BCUT2D eigenvalue weighted by Gasteiger charge is 2.34. The summed E-state index contributed by atoms with van der Waals surface area (Å²) >= 11 is 3.40. The van der Waals surface area contributed by atoms with Crippen LogP contribution in [0.25, 0.3) is 0 Å². The van der Waals surface area contributed by atoms with Gasteiger partial charge in [-0.05, 0) is 43.4 Å². The van der Waals surface area contributed by atoms with Gasteiger partial charge in [-0.2, -0.15) is 0 Å². The number of aliphatic hydroxyl groups is 1. The molecule has 1 aromatic rings. The highest BCUT2D eigenvalue weighted by Crippen LogP contribution is 2.30. The number of urea groups is 1. The lowest BCUT2D eigenvalue weighted by molar-refractivity contribution is -0.0290. The molecule has 0 saturated heterocycles. The van der Waals surface area contributed by atoms with Gasteiger partial charge in [-0.25, -0.2) is 4.79 Å². The minimum Gasteiger partial charge on any atom is -0.388 e. The molecule has 4 nitrogen and oxygen atoms in total. The molecular weight excluding hydrogens is 320 g/mol. The summed E-state index contributed by atoms with van der Waals surface area (Å²) in [5.74, 6) is 0. The normalized spacial score (nSPS) is 17.9. The van der Waals surface area contributed by atoms with Gasteiger partial charge in [0.1, 0.15) is 0 Å². The fraction of sp³-hybridized carbons (Fsp3) is 0.533. The number of hydrogen-bond donors (Lipinski definition) is 3. The van der Waals surface area contributed by atoms with E-state index in [0.29, 0.717) is 6.54 Å². The third-order valence-electron chi connectivity index (χ3n) is 3.85. The molecule has 110 valence electrons. The summed E-state index contributed by atoms with van der Waals surface area (Å²) in [6.45, 7) is 2.36. The first-order chi connectivity index (χ1) is 9.52. The first kappa shape index (κ1) is 15.3. The van der Waals surface area contributed by atoms with E-state index < -0.39 is 5.60 Å². The van der Waals surface area contributed by atoms with Gasteiger partial charge in [0.15, 0.2) is 0 Å². The van der Waals surface area contributed by atoms with Crippen molar-refractivity contribution in [1.82, 2.24) is 10.6 Å². The average molecular weight is 341 g/mol. The topological polar surface area (TPSA) is 61.4 Å². The molecule has 0 bridgehead atoms. The molecule has 1 atom stereocenters. The number of benzene rings is 1. The van der Waals surface area contributed by atoms with E-state index >= 15 is 0 Å². The van der Waals surface area contributed by atoms with Crippen LogP contribution in [0.15, 0.2) is 28.7 Å².